The molecule has 1 aromatic carbocycles. The van der Waals surface area contributed by atoms with Gasteiger partial charge in [-0.15, -0.1) is 0 Å². The van der Waals surface area contributed by atoms with Crippen molar-refractivity contribution >= 4 is 5.78 Å². The summed E-state index contributed by atoms with van der Waals surface area (Å²) in [7, 11) is 1.64. The van der Waals surface area contributed by atoms with Crippen LogP contribution < -0.4 is 4.74 Å². The molecular formula is C15H20O2. The standard InChI is InChI=1S/C15H20O2/c1-15(10-4-3-5-11-15)14(16)12-6-8-13(17-2)9-7-12/h6-9H,3-5,10-11H2,1-2H3. The average molecular weight is 232 g/mol. The minimum atomic E-state index is -0.146. The number of hydrogen-bond donors (Lipinski definition) is 0. The van der Waals surface area contributed by atoms with Gasteiger partial charge in [0.15, 0.2) is 5.78 Å². The Kier molecular flexibility index (Phi) is 3.51. The third kappa shape index (κ3) is 2.51. The molecule has 1 saturated carbocycles. The third-order valence-corrected chi connectivity index (χ3v) is 3.86. The van der Waals surface area contributed by atoms with Crippen LogP contribution in [0.2, 0.25) is 0 Å². The zero-order chi connectivity index (χ0) is 12.3. The Morgan fingerprint density at radius 1 is 1.12 bits per heavy atom. The van der Waals surface area contributed by atoms with E-state index >= 15 is 0 Å². The second kappa shape index (κ2) is 4.91. The van der Waals surface area contributed by atoms with E-state index in [9.17, 15) is 4.79 Å². The number of ketones is 1. The van der Waals surface area contributed by atoms with Crippen LogP contribution in [0.1, 0.15) is 49.4 Å². The number of methoxy groups -OCH3 is 1. The van der Waals surface area contributed by atoms with Gasteiger partial charge < -0.3 is 4.74 Å². The molecule has 1 fully saturated rings. The molecule has 0 heterocycles. The first kappa shape index (κ1) is 12.2. The Balaban J connectivity index is 2.17. The predicted octanol–water partition coefficient (Wildman–Crippen LogP) is 3.85. The van der Waals surface area contributed by atoms with Crippen LogP contribution in [-0.4, -0.2) is 12.9 Å². The van der Waals surface area contributed by atoms with E-state index < -0.39 is 0 Å². The van der Waals surface area contributed by atoms with Crippen molar-refractivity contribution in [1.82, 2.24) is 0 Å². The van der Waals surface area contributed by atoms with Gasteiger partial charge >= 0.3 is 0 Å². The monoisotopic (exact) mass is 232 g/mol. The van der Waals surface area contributed by atoms with Gasteiger partial charge in [-0.2, -0.15) is 0 Å². The SMILES string of the molecule is COc1ccc(C(=O)C2(C)CCCCC2)cc1. The minimum absolute atomic E-state index is 0.146. The Labute approximate surface area is 103 Å². The molecule has 0 saturated heterocycles. The first-order chi connectivity index (χ1) is 8.15. The molecule has 1 aliphatic carbocycles. The summed E-state index contributed by atoms with van der Waals surface area (Å²) in [6.45, 7) is 2.11. The van der Waals surface area contributed by atoms with Crippen molar-refractivity contribution in [2.45, 2.75) is 39.0 Å². The summed E-state index contributed by atoms with van der Waals surface area (Å²) < 4.78 is 5.11. The van der Waals surface area contributed by atoms with Crippen LogP contribution in [0.4, 0.5) is 0 Å². The van der Waals surface area contributed by atoms with Crippen molar-refractivity contribution in [3.63, 3.8) is 0 Å². The molecule has 0 spiro atoms. The maximum Gasteiger partial charge on any atom is 0.168 e. The highest BCUT2D eigenvalue weighted by Gasteiger charge is 2.34. The molecule has 0 amide bonds. The summed E-state index contributed by atoms with van der Waals surface area (Å²) in [6.07, 6.45) is 5.68. The van der Waals surface area contributed by atoms with Crippen LogP contribution in [0.3, 0.4) is 0 Å². The van der Waals surface area contributed by atoms with Gasteiger partial charge in [0.2, 0.25) is 0 Å². The quantitative estimate of drug-likeness (QED) is 0.740. The van der Waals surface area contributed by atoms with Crippen molar-refractivity contribution in [2.75, 3.05) is 7.11 Å². The maximum atomic E-state index is 12.5. The molecule has 2 nitrogen and oxygen atoms in total. The highest BCUT2D eigenvalue weighted by molar-refractivity contribution is 6.00. The largest absolute Gasteiger partial charge is 0.497 e. The molecule has 0 bridgehead atoms. The molecule has 0 unspecified atom stereocenters. The number of carbonyl (C=O) groups is 1. The fourth-order valence-electron chi connectivity index (χ4n) is 2.65. The van der Waals surface area contributed by atoms with E-state index in [1.165, 1.54) is 19.3 Å². The molecule has 0 aliphatic heterocycles. The fourth-order valence-corrected chi connectivity index (χ4v) is 2.65. The summed E-state index contributed by atoms with van der Waals surface area (Å²) in [4.78, 5) is 12.5. The van der Waals surface area contributed by atoms with Crippen molar-refractivity contribution in [3.05, 3.63) is 29.8 Å². The summed E-state index contributed by atoms with van der Waals surface area (Å²) in [5.41, 5.74) is 0.669. The number of hydrogen-bond acceptors (Lipinski definition) is 2. The second-order valence-electron chi connectivity index (χ2n) is 5.18. The first-order valence-electron chi connectivity index (χ1n) is 6.34. The van der Waals surface area contributed by atoms with Crippen LogP contribution in [0.25, 0.3) is 0 Å². The van der Waals surface area contributed by atoms with E-state index in [2.05, 4.69) is 6.92 Å². The first-order valence-corrected chi connectivity index (χ1v) is 6.34. The Morgan fingerprint density at radius 2 is 1.71 bits per heavy atom. The van der Waals surface area contributed by atoms with Crippen molar-refractivity contribution in [3.8, 4) is 5.75 Å². The fraction of sp³-hybridized carbons (Fsp3) is 0.533. The molecule has 2 heteroatoms. The number of benzene rings is 1. The summed E-state index contributed by atoms with van der Waals surface area (Å²) in [6, 6.07) is 7.47. The summed E-state index contributed by atoms with van der Waals surface area (Å²) >= 11 is 0. The molecule has 2 rings (SSSR count). The van der Waals surface area contributed by atoms with Crippen LogP contribution in [-0.2, 0) is 0 Å². The zero-order valence-corrected chi connectivity index (χ0v) is 10.7. The van der Waals surface area contributed by atoms with E-state index in [0.717, 1.165) is 24.2 Å². The lowest BCUT2D eigenvalue weighted by atomic mass is 9.71. The van der Waals surface area contributed by atoms with Gasteiger partial charge in [0.25, 0.3) is 0 Å². The van der Waals surface area contributed by atoms with Crippen molar-refractivity contribution in [2.24, 2.45) is 5.41 Å². The molecular weight excluding hydrogens is 212 g/mol. The highest BCUT2D eigenvalue weighted by atomic mass is 16.5. The maximum absolute atomic E-state index is 12.5. The lowest BCUT2D eigenvalue weighted by Crippen LogP contribution is -2.30. The lowest BCUT2D eigenvalue weighted by Gasteiger charge is -2.32. The van der Waals surface area contributed by atoms with Gasteiger partial charge in [-0.05, 0) is 37.1 Å². The number of Topliss-reactive ketones (excluding diaryl/α,β-unsaturated/α-hetero) is 1. The molecule has 1 aromatic rings. The van der Waals surface area contributed by atoms with Gasteiger partial charge in [0.1, 0.15) is 5.75 Å². The predicted molar refractivity (Wildman–Crippen MR) is 68.5 cm³/mol. The minimum Gasteiger partial charge on any atom is -0.497 e. The molecule has 0 atom stereocenters. The van der Waals surface area contributed by atoms with Crippen LogP contribution in [0.15, 0.2) is 24.3 Å². The topological polar surface area (TPSA) is 26.3 Å². The van der Waals surface area contributed by atoms with Crippen LogP contribution in [0.5, 0.6) is 5.75 Å². The molecule has 0 radical (unpaired) electrons. The van der Waals surface area contributed by atoms with Crippen LogP contribution in [0, 0.1) is 5.41 Å². The third-order valence-electron chi connectivity index (χ3n) is 3.86. The van der Waals surface area contributed by atoms with Crippen LogP contribution >= 0.6 is 0 Å². The smallest absolute Gasteiger partial charge is 0.168 e. The molecule has 92 valence electrons. The lowest BCUT2D eigenvalue weighted by molar-refractivity contribution is 0.0749. The summed E-state index contributed by atoms with van der Waals surface area (Å²) in [5.74, 6) is 1.09. The number of carbonyl (C=O) groups excluding carboxylic acids is 1. The normalized spacial score (nSPS) is 18.7. The number of ether oxygens (including phenoxy) is 1. The van der Waals surface area contributed by atoms with E-state index in [0.29, 0.717) is 5.78 Å². The van der Waals surface area contributed by atoms with Gasteiger partial charge in [-0.1, -0.05) is 26.2 Å². The molecule has 0 aromatic heterocycles. The highest BCUT2D eigenvalue weighted by Crippen LogP contribution is 2.38. The zero-order valence-electron chi connectivity index (χ0n) is 10.7. The average Bonchev–Trinajstić information content (AvgIpc) is 2.39. The summed E-state index contributed by atoms with van der Waals surface area (Å²) in [5, 5.41) is 0. The molecule has 17 heavy (non-hydrogen) atoms. The molecule has 1 aliphatic rings. The number of rotatable bonds is 3. The second-order valence-corrected chi connectivity index (χ2v) is 5.18. The van der Waals surface area contributed by atoms with Gasteiger partial charge in [-0.3, -0.25) is 4.79 Å². The van der Waals surface area contributed by atoms with E-state index in [4.69, 9.17) is 4.74 Å². The van der Waals surface area contributed by atoms with Crippen molar-refractivity contribution < 1.29 is 9.53 Å². The Hall–Kier alpha value is -1.31. The van der Waals surface area contributed by atoms with E-state index in [-0.39, 0.29) is 5.41 Å². The Morgan fingerprint density at radius 3 is 2.24 bits per heavy atom. The molecule has 0 N–H and O–H groups in total. The Bertz CT molecular complexity index is 386. The van der Waals surface area contributed by atoms with Crippen molar-refractivity contribution in [1.29, 1.82) is 0 Å². The van der Waals surface area contributed by atoms with Gasteiger partial charge in [0.05, 0.1) is 7.11 Å². The van der Waals surface area contributed by atoms with Gasteiger partial charge in [-0.25, -0.2) is 0 Å². The van der Waals surface area contributed by atoms with Gasteiger partial charge in [0, 0.05) is 11.0 Å². The van der Waals surface area contributed by atoms with E-state index in [1.54, 1.807) is 7.11 Å². The van der Waals surface area contributed by atoms with E-state index in [1.807, 2.05) is 24.3 Å².